The van der Waals surface area contributed by atoms with Crippen LogP contribution in [0, 0.1) is 0 Å². The number of likely N-dealkylation sites (N-methyl/N-ethyl adjacent to an activating group) is 1. The highest BCUT2D eigenvalue weighted by molar-refractivity contribution is 5.72. The van der Waals surface area contributed by atoms with Gasteiger partial charge in [-0.05, 0) is 19.5 Å². The Labute approximate surface area is 68.7 Å². The predicted molar refractivity (Wildman–Crippen MR) is 51.0 cm³/mol. The van der Waals surface area contributed by atoms with E-state index in [0.29, 0.717) is 0 Å². The third-order valence-electron chi connectivity index (χ3n) is 1.21. The number of allylic oxidation sites excluding steroid dienone is 2. The molecule has 0 heterocycles. The molecule has 0 atom stereocenters. The average molecular weight is 152 g/mol. The van der Waals surface area contributed by atoms with Gasteiger partial charge in [-0.3, -0.25) is 4.99 Å². The van der Waals surface area contributed by atoms with Crippen molar-refractivity contribution < 1.29 is 0 Å². The van der Waals surface area contributed by atoms with Gasteiger partial charge < -0.3 is 5.32 Å². The molecule has 2 nitrogen and oxygen atoms in total. The van der Waals surface area contributed by atoms with E-state index < -0.39 is 0 Å². The zero-order valence-electron chi connectivity index (χ0n) is 7.30. The number of aliphatic imine (C=N–C) groups is 1. The molecule has 62 valence electrons. The smallest absolute Gasteiger partial charge is 0.0329 e. The van der Waals surface area contributed by atoms with E-state index in [1.54, 1.807) is 6.21 Å². The van der Waals surface area contributed by atoms with Crippen molar-refractivity contribution in [2.45, 2.75) is 13.3 Å². The molecular weight excluding hydrogens is 136 g/mol. The maximum atomic E-state index is 4.08. The van der Waals surface area contributed by atoms with Crippen molar-refractivity contribution in [3.8, 4) is 0 Å². The van der Waals surface area contributed by atoms with Crippen LogP contribution in [-0.2, 0) is 0 Å². The van der Waals surface area contributed by atoms with Gasteiger partial charge in [0.25, 0.3) is 0 Å². The molecule has 0 aromatic rings. The van der Waals surface area contributed by atoms with Crippen LogP contribution in [0.15, 0.2) is 29.4 Å². The van der Waals surface area contributed by atoms with Crippen molar-refractivity contribution in [3.05, 3.63) is 24.4 Å². The van der Waals surface area contributed by atoms with E-state index in [0.717, 1.165) is 18.7 Å². The molecule has 0 radical (unpaired) electrons. The Bertz CT molecular complexity index is 157. The van der Waals surface area contributed by atoms with Gasteiger partial charge in [0.15, 0.2) is 0 Å². The number of nitrogens with one attached hydrogen (secondary N) is 1. The lowest BCUT2D eigenvalue weighted by Gasteiger charge is -1.88. The second kappa shape index (κ2) is 7.22. The summed E-state index contributed by atoms with van der Waals surface area (Å²) in [5, 5.41) is 3.00. The summed E-state index contributed by atoms with van der Waals surface area (Å²) in [6.45, 7) is 6.66. The Balaban J connectivity index is 3.50. The molecule has 0 fully saturated rings. The maximum Gasteiger partial charge on any atom is 0.0329 e. The Hall–Kier alpha value is -0.890. The second-order valence-corrected chi connectivity index (χ2v) is 2.18. The van der Waals surface area contributed by atoms with Crippen LogP contribution in [-0.4, -0.2) is 19.8 Å². The van der Waals surface area contributed by atoms with Gasteiger partial charge in [-0.15, -0.1) is 0 Å². The molecule has 1 N–H and O–H groups in total. The van der Waals surface area contributed by atoms with Crippen molar-refractivity contribution in [2.24, 2.45) is 4.99 Å². The Morgan fingerprint density at radius 2 is 2.36 bits per heavy atom. The normalized spacial score (nSPS) is 11.5. The number of hydrogen-bond acceptors (Lipinski definition) is 2. The van der Waals surface area contributed by atoms with Gasteiger partial charge in [0.1, 0.15) is 0 Å². The predicted octanol–water partition coefficient (Wildman–Crippen LogP) is 1.76. The van der Waals surface area contributed by atoms with Gasteiger partial charge in [-0.25, -0.2) is 0 Å². The van der Waals surface area contributed by atoms with Gasteiger partial charge in [-0.2, -0.15) is 0 Å². The summed E-state index contributed by atoms with van der Waals surface area (Å²) < 4.78 is 0. The van der Waals surface area contributed by atoms with Crippen LogP contribution in [0.1, 0.15) is 13.3 Å². The molecule has 0 aliphatic rings. The summed E-state index contributed by atoms with van der Waals surface area (Å²) in [4.78, 5) is 4.08. The molecular formula is C9H16N2. The van der Waals surface area contributed by atoms with E-state index in [9.17, 15) is 0 Å². The van der Waals surface area contributed by atoms with Gasteiger partial charge in [0.05, 0.1) is 0 Å². The molecule has 0 aromatic carbocycles. The largest absolute Gasteiger partial charge is 0.316 e. The summed E-state index contributed by atoms with van der Waals surface area (Å²) >= 11 is 0. The highest BCUT2D eigenvalue weighted by Crippen LogP contribution is 1.95. The minimum atomic E-state index is 0.880. The maximum absolute atomic E-state index is 4.08. The summed E-state index contributed by atoms with van der Waals surface area (Å²) in [6, 6.07) is 0. The van der Waals surface area contributed by atoms with Crippen molar-refractivity contribution in [1.29, 1.82) is 0 Å². The van der Waals surface area contributed by atoms with Crippen molar-refractivity contribution >= 4 is 6.21 Å². The summed E-state index contributed by atoms with van der Waals surface area (Å²) in [5.74, 6) is 0. The SMILES string of the molecule is C=C(CC)N=C/C=C\CNC. The molecule has 0 spiro atoms. The van der Waals surface area contributed by atoms with Crippen LogP contribution < -0.4 is 5.32 Å². The zero-order chi connectivity index (χ0) is 8.53. The zero-order valence-corrected chi connectivity index (χ0v) is 7.30. The Morgan fingerprint density at radius 3 is 2.91 bits per heavy atom. The molecule has 0 unspecified atom stereocenters. The van der Waals surface area contributed by atoms with Crippen LogP contribution in [0.3, 0.4) is 0 Å². The van der Waals surface area contributed by atoms with E-state index in [-0.39, 0.29) is 0 Å². The highest BCUT2D eigenvalue weighted by atomic mass is 14.8. The van der Waals surface area contributed by atoms with Gasteiger partial charge in [-0.1, -0.05) is 19.6 Å². The fourth-order valence-corrected chi connectivity index (χ4v) is 0.486. The van der Waals surface area contributed by atoms with Crippen LogP contribution in [0.2, 0.25) is 0 Å². The highest BCUT2D eigenvalue weighted by Gasteiger charge is 1.78. The number of nitrogens with zero attached hydrogens (tertiary/aromatic N) is 1. The molecule has 0 bridgehead atoms. The minimum absolute atomic E-state index is 0.880. The van der Waals surface area contributed by atoms with Crippen molar-refractivity contribution in [2.75, 3.05) is 13.6 Å². The van der Waals surface area contributed by atoms with Crippen molar-refractivity contribution in [3.63, 3.8) is 0 Å². The molecule has 0 aliphatic heterocycles. The molecule has 0 amide bonds. The lowest BCUT2D eigenvalue weighted by molar-refractivity contribution is 0.920. The van der Waals surface area contributed by atoms with Gasteiger partial charge >= 0.3 is 0 Å². The lowest BCUT2D eigenvalue weighted by Crippen LogP contribution is -2.03. The average Bonchev–Trinajstić information content (AvgIpc) is 2.04. The van der Waals surface area contributed by atoms with E-state index in [1.165, 1.54) is 0 Å². The van der Waals surface area contributed by atoms with Crippen LogP contribution >= 0.6 is 0 Å². The van der Waals surface area contributed by atoms with Gasteiger partial charge in [0, 0.05) is 18.5 Å². The van der Waals surface area contributed by atoms with Crippen LogP contribution in [0.5, 0.6) is 0 Å². The molecule has 11 heavy (non-hydrogen) atoms. The first kappa shape index (κ1) is 10.1. The third-order valence-corrected chi connectivity index (χ3v) is 1.21. The van der Waals surface area contributed by atoms with Crippen molar-refractivity contribution in [1.82, 2.24) is 5.32 Å². The lowest BCUT2D eigenvalue weighted by atomic mass is 10.4. The van der Waals surface area contributed by atoms with E-state index in [1.807, 2.05) is 26.1 Å². The first-order valence-electron chi connectivity index (χ1n) is 3.82. The summed E-state index contributed by atoms with van der Waals surface area (Å²) in [7, 11) is 1.91. The second-order valence-electron chi connectivity index (χ2n) is 2.18. The van der Waals surface area contributed by atoms with E-state index in [2.05, 4.69) is 16.9 Å². The number of rotatable bonds is 5. The molecule has 0 saturated heterocycles. The Morgan fingerprint density at radius 1 is 1.64 bits per heavy atom. The standard InChI is InChI=1S/C9H16N2/c1-4-9(2)11-8-6-5-7-10-3/h5-6,8,10H,2,4,7H2,1,3H3/b6-5-,11-8?. The van der Waals surface area contributed by atoms with Gasteiger partial charge in [0.2, 0.25) is 0 Å². The number of hydrogen-bond donors (Lipinski definition) is 1. The minimum Gasteiger partial charge on any atom is -0.316 e. The molecule has 0 rings (SSSR count). The topological polar surface area (TPSA) is 24.4 Å². The summed E-state index contributed by atoms with van der Waals surface area (Å²) in [6.07, 6.45) is 6.60. The first-order valence-corrected chi connectivity index (χ1v) is 3.82. The Kier molecular flexibility index (Phi) is 6.64. The molecule has 0 saturated carbocycles. The summed E-state index contributed by atoms with van der Waals surface area (Å²) in [5.41, 5.74) is 0.916. The van der Waals surface area contributed by atoms with E-state index >= 15 is 0 Å². The van der Waals surface area contributed by atoms with Crippen LogP contribution in [0.25, 0.3) is 0 Å². The fraction of sp³-hybridized carbons (Fsp3) is 0.444. The molecule has 0 aromatic heterocycles. The molecule has 0 aliphatic carbocycles. The molecule has 2 heteroatoms. The van der Waals surface area contributed by atoms with E-state index in [4.69, 9.17) is 0 Å². The third kappa shape index (κ3) is 7.00. The van der Waals surface area contributed by atoms with Crippen LogP contribution in [0.4, 0.5) is 0 Å². The first-order chi connectivity index (χ1) is 5.31. The fourth-order valence-electron chi connectivity index (χ4n) is 0.486. The monoisotopic (exact) mass is 152 g/mol. The quantitative estimate of drug-likeness (QED) is 0.596.